The highest BCUT2D eigenvalue weighted by Gasteiger charge is 2.28. The van der Waals surface area contributed by atoms with E-state index in [1.54, 1.807) is 18.2 Å². The zero-order valence-electron chi connectivity index (χ0n) is 17.7. The Bertz CT molecular complexity index is 969. The zero-order valence-corrected chi connectivity index (χ0v) is 18.5. The lowest BCUT2D eigenvalue weighted by Crippen LogP contribution is -2.32. The highest BCUT2D eigenvalue weighted by molar-refractivity contribution is 7.89. The quantitative estimate of drug-likeness (QED) is 0.602. The number of amides is 1. The van der Waals surface area contributed by atoms with Crippen molar-refractivity contribution in [1.82, 2.24) is 4.72 Å². The molecule has 2 aromatic rings. The van der Waals surface area contributed by atoms with Crippen LogP contribution < -0.4 is 14.8 Å². The molecular weight excluding hydrogens is 388 g/mol. The number of anilines is 1. The summed E-state index contributed by atoms with van der Waals surface area (Å²) >= 11 is 0. The second-order valence-corrected chi connectivity index (χ2v) is 9.62. The van der Waals surface area contributed by atoms with Crippen molar-refractivity contribution in [2.24, 2.45) is 5.41 Å². The molecular formula is C22H30N2O4S. The van der Waals surface area contributed by atoms with Crippen LogP contribution in [-0.2, 0) is 14.8 Å². The van der Waals surface area contributed by atoms with Crippen LogP contribution in [0.2, 0.25) is 0 Å². The normalized spacial score (nSPS) is 11.9. The van der Waals surface area contributed by atoms with Crippen LogP contribution in [0.3, 0.4) is 0 Å². The molecule has 0 aliphatic heterocycles. The number of sulfonamides is 1. The van der Waals surface area contributed by atoms with E-state index in [9.17, 15) is 13.2 Å². The summed E-state index contributed by atoms with van der Waals surface area (Å²) in [6, 6.07) is 12.4. The molecule has 0 bridgehead atoms. The van der Waals surface area contributed by atoms with Crippen LogP contribution >= 0.6 is 0 Å². The molecule has 0 heterocycles. The summed E-state index contributed by atoms with van der Waals surface area (Å²) in [6.45, 7) is 8.21. The maximum atomic E-state index is 12.8. The molecule has 6 nitrogen and oxygen atoms in total. The number of hydrogen-bond acceptors (Lipinski definition) is 4. The molecule has 1 amide bonds. The van der Waals surface area contributed by atoms with E-state index in [1.807, 2.05) is 45.9 Å². The monoisotopic (exact) mass is 418 g/mol. The smallest absolute Gasteiger partial charge is 0.242 e. The molecule has 7 heteroatoms. The average Bonchev–Trinajstić information content (AvgIpc) is 2.68. The number of rotatable bonds is 9. The van der Waals surface area contributed by atoms with Gasteiger partial charge in [-0.2, -0.15) is 0 Å². The van der Waals surface area contributed by atoms with Gasteiger partial charge in [0.15, 0.2) is 0 Å². The Labute approximate surface area is 173 Å². The number of carbonyl (C=O) groups excluding carboxylic acids is 1. The predicted octanol–water partition coefficient (Wildman–Crippen LogP) is 4.04. The second kappa shape index (κ2) is 9.41. The van der Waals surface area contributed by atoms with Gasteiger partial charge >= 0.3 is 0 Å². The number of nitrogens with one attached hydrogen (secondary N) is 2. The molecule has 158 valence electrons. The Balaban J connectivity index is 1.98. The SMILES string of the molecule is CNS(=O)(=O)c1ccccc1NC(=O)C(C)(C)CCCOc1cc(C)ccc1C. The molecule has 0 atom stereocenters. The second-order valence-electron chi connectivity index (χ2n) is 7.76. The van der Waals surface area contributed by atoms with Gasteiger partial charge in [0.05, 0.1) is 12.3 Å². The van der Waals surface area contributed by atoms with Crippen LogP contribution in [0, 0.1) is 19.3 Å². The fourth-order valence-corrected chi connectivity index (χ4v) is 3.76. The van der Waals surface area contributed by atoms with Crippen LogP contribution in [0.1, 0.15) is 37.8 Å². The molecule has 29 heavy (non-hydrogen) atoms. The van der Waals surface area contributed by atoms with Crippen molar-refractivity contribution >= 4 is 21.6 Å². The first-order valence-electron chi connectivity index (χ1n) is 9.61. The van der Waals surface area contributed by atoms with Gasteiger partial charge in [0.1, 0.15) is 10.6 Å². The maximum absolute atomic E-state index is 12.8. The molecule has 0 radical (unpaired) electrons. The van der Waals surface area contributed by atoms with Gasteiger partial charge < -0.3 is 10.1 Å². The van der Waals surface area contributed by atoms with Gasteiger partial charge in [0.25, 0.3) is 0 Å². The van der Waals surface area contributed by atoms with Crippen LogP contribution in [0.15, 0.2) is 47.4 Å². The number of carbonyl (C=O) groups is 1. The molecule has 2 rings (SSSR count). The highest BCUT2D eigenvalue weighted by atomic mass is 32.2. The zero-order chi connectivity index (χ0) is 21.7. The van der Waals surface area contributed by atoms with Gasteiger partial charge in [-0.05, 0) is 63.1 Å². The molecule has 0 unspecified atom stereocenters. The van der Waals surface area contributed by atoms with E-state index in [0.29, 0.717) is 19.4 Å². The molecule has 0 aliphatic carbocycles. The van der Waals surface area contributed by atoms with Gasteiger partial charge in [0, 0.05) is 5.41 Å². The molecule has 0 saturated carbocycles. The lowest BCUT2D eigenvalue weighted by atomic mass is 9.87. The third kappa shape index (κ3) is 6.05. The molecule has 0 spiro atoms. The van der Waals surface area contributed by atoms with Gasteiger partial charge in [-0.15, -0.1) is 0 Å². The topological polar surface area (TPSA) is 84.5 Å². The van der Waals surface area contributed by atoms with E-state index < -0.39 is 15.4 Å². The minimum Gasteiger partial charge on any atom is -0.493 e. The Hall–Kier alpha value is -2.38. The van der Waals surface area contributed by atoms with Crippen molar-refractivity contribution in [1.29, 1.82) is 0 Å². The lowest BCUT2D eigenvalue weighted by Gasteiger charge is -2.24. The molecule has 0 fully saturated rings. The van der Waals surface area contributed by atoms with Crippen molar-refractivity contribution in [3.63, 3.8) is 0 Å². The third-order valence-corrected chi connectivity index (χ3v) is 6.33. The van der Waals surface area contributed by atoms with E-state index >= 15 is 0 Å². The van der Waals surface area contributed by atoms with Crippen LogP contribution in [-0.4, -0.2) is 28.0 Å². The first-order chi connectivity index (χ1) is 13.6. The fraction of sp³-hybridized carbons (Fsp3) is 0.409. The lowest BCUT2D eigenvalue weighted by molar-refractivity contribution is -0.124. The minimum atomic E-state index is -3.66. The first kappa shape index (κ1) is 22.9. The van der Waals surface area contributed by atoms with Crippen molar-refractivity contribution in [2.45, 2.75) is 45.4 Å². The summed E-state index contributed by atoms with van der Waals surface area (Å²) in [5.74, 6) is 0.626. The van der Waals surface area contributed by atoms with E-state index in [4.69, 9.17) is 4.74 Å². The molecule has 2 N–H and O–H groups in total. The Morgan fingerprint density at radius 3 is 2.48 bits per heavy atom. The summed E-state index contributed by atoms with van der Waals surface area (Å²) in [6.07, 6.45) is 1.30. The fourth-order valence-electron chi connectivity index (χ4n) is 2.88. The van der Waals surface area contributed by atoms with E-state index in [-0.39, 0.29) is 16.5 Å². The number of para-hydroxylation sites is 1. The highest BCUT2D eigenvalue weighted by Crippen LogP contribution is 2.28. The van der Waals surface area contributed by atoms with Crippen LogP contribution in [0.4, 0.5) is 5.69 Å². The number of benzene rings is 2. The molecule has 0 saturated heterocycles. The van der Waals surface area contributed by atoms with Crippen LogP contribution in [0.25, 0.3) is 0 Å². The standard InChI is InChI=1S/C22H30N2O4S/c1-16-11-12-17(2)19(15-16)28-14-8-13-22(3,4)21(25)24-18-9-6-7-10-20(18)29(26,27)23-5/h6-7,9-12,15,23H,8,13-14H2,1-5H3,(H,24,25). The van der Waals surface area contributed by atoms with Gasteiger partial charge in [-0.1, -0.05) is 38.1 Å². The maximum Gasteiger partial charge on any atom is 0.242 e. The largest absolute Gasteiger partial charge is 0.493 e. The molecule has 0 aliphatic rings. The first-order valence-corrected chi connectivity index (χ1v) is 11.1. The summed E-state index contributed by atoms with van der Waals surface area (Å²) in [5, 5.41) is 2.77. The summed E-state index contributed by atoms with van der Waals surface area (Å²) in [5.41, 5.74) is 1.81. The minimum absolute atomic E-state index is 0.0462. The molecule has 2 aromatic carbocycles. The van der Waals surface area contributed by atoms with Gasteiger partial charge in [-0.25, -0.2) is 13.1 Å². The van der Waals surface area contributed by atoms with Crippen molar-refractivity contribution in [3.8, 4) is 5.75 Å². The average molecular weight is 419 g/mol. The van der Waals surface area contributed by atoms with Crippen LogP contribution in [0.5, 0.6) is 5.75 Å². The Morgan fingerprint density at radius 2 is 1.79 bits per heavy atom. The number of aryl methyl sites for hydroxylation is 2. The van der Waals surface area contributed by atoms with Gasteiger partial charge in [-0.3, -0.25) is 4.79 Å². The van der Waals surface area contributed by atoms with Gasteiger partial charge in [0.2, 0.25) is 15.9 Å². The Kier molecular flexibility index (Phi) is 7.43. The van der Waals surface area contributed by atoms with E-state index in [0.717, 1.165) is 16.9 Å². The third-order valence-electron chi connectivity index (χ3n) is 4.86. The van der Waals surface area contributed by atoms with E-state index in [2.05, 4.69) is 10.0 Å². The Morgan fingerprint density at radius 1 is 1.10 bits per heavy atom. The van der Waals surface area contributed by atoms with Crippen molar-refractivity contribution < 1.29 is 17.9 Å². The van der Waals surface area contributed by atoms with Crippen molar-refractivity contribution in [3.05, 3.63) is 53.6 Å². The summed E-state index contributed by atoms with van der Waals surface area (Å²) in [4.78, 5) is 12.8. The molecule has 0 aromatic heterocycles. The summed E-state index contributed by atoms with van der Waals surface area (Å²) < 4.78 is 32.5. The summed E-state index contributed by atoms with van der Waals surface area (Å²) in [7, 11) is -2.32. The predicted molar refractivity (Wildman–Crippen MR) is 116 cm³/mol. The number of hydrogen-bond donors (Lipinski definition) is 2. The number of ether oxygens (including phenoxy) is 1. The van der Waals surface area contributed by atoms with E-state index in [1.165, 1.54) is 13.1 Å². The van der Waals surface area contributed by atoms with Crippen molar-refractivity contribution in [2.75, 3.05) is 19.0 Å².